The first-order valence-corrected chi connectivity index (χ1v) is 8.39. The Kier molecular flexibility index (Phi) is 6.87. The van der Waals surface area contributed by atoms with Gasteiger partial charge >= 0.3 is 12.1 Å². The lowest BCUT2D eigenvalue weighted by Crippen LogP contribution is -2.41. The third-order valence-electron chi connectivity index (χ3n) is 4.02. The molecule has 2 rings (SSSR count). The molecule has 1 aliphatic rings. The van der Waals surface area contributed by atoms with Crippen LogP contribution in [-0.4, -0.2) is 48.4 Å². The summed E-state index contributed by atoms with van der Waals surface area (Å²) in [4.78, 5) is 24.3. The largest absolute Gasteiger partial charge is 0.465 e. The molecule has 1 heterocycles. The van der Waals surface area contributed by atoms with Gasteiger partial charge in [0.15, 0.2) is 0 Å². The first kappa shape index (κ1) is 18.5. The maximum atomic E-state index is 11.6. The van der Waals surface area contributed by atoms with Gasteiger partial charge in [0.25, 0.3) is 0 Å². The predicted molar refractivity (Wildman–Crippen MR) is 89.1 cm³/mol. The van der Waals surface area contributed by atoms with E-state index < -0.39 is 18.2 Å². The van der Waals surface area contributed by atoms with E-state index >= 15 is 0 Å². The number of esters is 1. The zero-order chi connectivity index (χ0) is 17.5. The van der Waals surface area contributed by atoms with E-state index in [1.807, 2.05) is 12.1 Å². The third-order valence-corrected chi connectivity index (χ3v) is 4.25. The van der Waals surface area contributed by atoms with Crippen molar-refractivity contribution >= 4 is 23.7 Å². The summed E-state index contributed by atoms with van der Waals surface area (Å²) in [5, 5.41) is 9.80. The molecule has 132 valence electrons. The second-order valence-electron chi connectivity index (χ2n) is 5.72. The summed E-state index contributed by atoms with van der Waals surface area (Å²) in [6, 6.07) is 7.24. The van der Waals surface area contributed by atoms with E-state index in [1.165, 1.54) is 4.90 Å². The second-order valence-corrected chi connectivity index (χ2v) is 6.16. The SMILES string of the molecule is CCOC(=O)COC(c1cccc(Cl)c1)C1CCCN(C(=O)O)C1. The normalized spacial score (nSPS) is 18.9. The molecule has 0 aromatic heterocycles. The van der Waals surface area contributed by atoms with Gasteiger partial charge in [-0.2, -0.15) is 0 Å². The molecular formula is C17H22ClNO5. The van der Waals surface area contributed by atoms with Crippen molar-refractivity contribution in [3.63, 3.8) is 0 Å². The minimum Gasteiger partial charge on any atom is -0.465 e. The lowest BCUT2D eigenvalue weighted by Gasteiger charge is -2.35. The molecular weight excluding hydrogens is 334 g/mol. The monoisotopic (exact) mass is 355 g/mol. The fourth-order valence-corrected chi connectivity index (χ4v) is 3.18. The second kappa shape index (κ2) is 8.89. The van der Waals surface area contributed by atoms with Crippen molar-refractivity contribution in [1.29, 1.82) is 0 Å². The van der Waals surface area contributed by atoms with Crippen molar-refractivity contribution in [2.45, 2.75) is 25.9 Å². The van der Waals surface area contributed by atoms with Crippen molar-refractivity contribution in [3.8, 4) is 0 Å². The molecule has 7 heteroatoms. The molecule has 0 radical (unpaired) electrons. The van der Waals surface area contributed by atoms with Crippen LogP contribution >= 0.6 is 11.6 Å². The molecule has 1 saturated heterocycles. The molecule has 6 nitrogen and oxygen atoms in total. The quantitative estimate of drug-likeness (QED) is 0.792. The van der Waals surface area contributed by atoms with Crippen LogP contribution in [0.1, 0.15) is 31.4 Å². The topological polar surface area (TPSA) is 76.1 Å². The molecule has 2 unspecified atom stereocenters. The van der Waals surface area contributed by atoms with E-state index in [4.69, 9.17) is 21.1 Å². The maximum Gasteiger partial charge on any atom is 0.407 e. The lowest BCUT2D eigenvalue weighted by atomic mass is 9.88. The van der Waals surface area contributed by atoms with Crippen molar-refractivity contribution in [2.75, 3.05) is 26.3 Å². The highest BCUT2D eigenvalue weighted by Crippen LogP contribution is 2.34. The molecule has 1 N–H and O–H groups in total. The van der Waals surface area contributed by atoms with Crippen LogP contribution in [0.25, 0.3) is 0 Å². The number of amides is 1. The number of carboxylic acid groups (broad SMARTS) is 1. The minimum absolute atomic E-state index is 0.0391. The zero-order valence-corrected chi connectivity index (χ0v) is 14.4. The number of ether oxygens (including phenoxy) is 2. The summed E-state index contributed by atoms with van der Waals surface area (Å²) < 4.78 is 10.7. The highest BCUT2D eigenvalue weighted by molar-refractivity contribution is 6.30. The van der Waals surface area contributed by atoms with Crippen LogP contribution in [0.15, 0.2) is 24.3 Å². The van der Waals surface area contributed by atoms with Crippen molar-refractivity contribution in [2.24, 2.45) is 5.92 Å². The highest BCUT2D eigenvalue weighted by Gasteiger charge is 2.31. The molecule has 1 amide bonds. The Morgan fingerprint density at radius 1 is 1.46 bits per heavy atom. The van der Waals surface area contributed by atoms with Gasteiger partial charge in [0.1, 0.15) is 6.61 Å². The van der Waals surface area contributed by atoms with Gasteiger partial charge in [0.05, 0.1) is 12.7 Å². The minimum atomic E-state index is -0.935. The Morgan fingerprint density at radius 2 is 2.25 bits per heavy atom. The van der Waals surface area contributed by atoms with Crippen LogP contribution in [-0.2, 0) is 14.3 Å². The molecule has 24 heavy (non-hydrogen) atoms. The van der Waals surface area contributed by atoms with Gasteiger partial charge in [-0.25, -0.2) is 9.59 Å². The van der Waals surface area contributed by atoms with Gasteiger partial charge in [0.2, 0.25) is 0 Å². The number of hydrogen-bond donors (Lipinski definition) is 1. The van der Waals surface area contributed by atoms with E-state index in [1.54, 1.807) is 19.1 Å². The van der Waals surface area contributed by atoms with Crippen molar-refractivity contribution in [3.05, 3.63) is 34.9 Å². The number of carbonyl (C=O) groups is 2. The Balaban J connectivity index is 2.15. The molecule has 1 aromatic carbocycles. The summed E-state index contributed by atoms with van der Waals surface area (Å²) >= 11 is 6.07. The maximum absolute atomic E-state index is 11.6. The average molecular weight is 356 g/mol. The summed E-state index contributed by atoms with van der Waals surface area (Å²) in [6.45, 7) is 2.74. The van der Waals surface area contributed by atoms with Crippen molar-refractivity contribution < 1.29 is 24.2 Å². The Hall–Kier alpha value is -1.79. The standard InChI is InChI=1S/C17H22ClNO5/c1-2-23-15(20)11-24-16(12-5-3-7-14(18)9-12)13-6-4-8-19(10-13)17(21)22/h3,5,7,9,13,16H,2,4,6,8,10-11H2,1H3,(H,21,22). The molecule has 1 aromatic rings. The number of likely N-dealkylation sites (tertiary alicyclic amines) is 1. The summed E-state index contributed by atoms with van der Waals surface area (Å²) in [5.74, 6) is -0.474. The van der Waals surface area contributed by atoms with Gasteiger partial charge in [-0.3, -0.25) is 0 Å². The van der Waals surface area contributed by atoms with Crippen LogP contribution in [0.3, 0.4) is 0 Å². The van der Waals surface area contributed by atoms with E-state index in [2.05, 4.69) is 0 Å². The molecule has 1 aliphatic heterocycles. The molecule has 0 spiro atoms. The summed E-state index contributed by atoms with van der Waals surface area (Å²) in [5.41, 5.74) is 0.837. The molecule has 0 bridgehead atoms. The molecule has 0 saturated carbocycles. The number of carbonyl (C=O) groups excluding carboxylic acids is 1. The van der Waals surface area contributed by atoms with Gasteiger partial charge in [-0.1, -0.05) is 23.7 Å². The predicted octanol–water partition coefficient (Wildman–Crippen LogP) is 3.35. The summed E-state index contributed by atoms with van der Waals surface area (Å²) in [6.07, 6.45) is 0.241. The van der Waals surface area contributed by atoms with Gasteiger partial charge in [-0.15, -0.1) is 0 Å². The van der Waals surface area contributed by atoms with E-state index in [0.717, 1.165) is 18.4 Å². The summed E-state index contributed by atoms with van der Waals surface area (Å²) in [7, 11) is 0. The van der Waals surface area contributed by atoms with Crippen LogP contribution in [0.5, 0.6) is 0 Å². The van der Waals surface area contributed by atoms with Crippen molar-refractivity contribution in [1.82, 2.24) is 4.90 Å². The van der Waals surface area contributed by atoms with E-state index in [9.17, 15) is 14.7 Å². The number of hydrogen-bond acceptors (Lipinski definition) is 4. The zero-order valence-electron chi connectivity index (χ0n) is 13.6. The Labute approximate surface area is 146 Å². The van der Waals surface area contributed by atoms with E-state index in [0.29, 0.717) is 24.7 Å². The first-order chi connectivity index (χ1) is 11.5. The average Bonchev–Trinajstić information content (AvgIpc) is 2.55. The smallest absolute Gasteiger partial charge is 0.407 e. The lowest BCUT2D eigenvalue weighted by molar-refractivity contribution is -0.152. The van der Waals surface area contributed by atoms with Crippen LogP contribution in [0, 0.1) is 5.92 Å². The molecule has 0 aliphatic carbocycles. The van der Waals surface area contributed by atoms with Crippen LogP contribution in [0.2, 0.25) is 5.02 Å². The van der Waals surface area contributed by atoms with Crippen LogP contribution in [0.4, 0.5) is 4.79 Å². The number of rotatable bonds is 6. The molecule has 1 fully saturated rings. The van der Waals surface area contributed by atoms with Crippen LogP contribution < -0.4 is 0 Å². The number of halogens is 1. The van der Waals surface area contributed by atoms with Gasteiger partial charge in [-0.05, 0) is 37.5 Å². The fourth-order valence-electron chi connectivity index (χ4n) is 2.98. The fraction of sp³-hybridized carbons (Fsp3) is 0.529. The number of nitrogens with zero attached hydrogens (tertiary/aromatic N) is 1. The van der Waals surface area contributed by atoms with Gasteiger partial charge in [0, 0.05) is 24.0 Å². The molecule has 2 atom stereocenters. The third kappa shape index (κ3) is 5.11. The van der Waals surface area contributed by atoms with E-state index in [-0.39, 0.29) is 12.5 Å². The Bertz CT molecular complexity index is 580. The number of benzene rings is 1. The number of piperidine rings is 1. The first-order valence-electron chi connectivity index (χ1n) is 8.01. The Morgan fingerprint density at radius 3 is 2.92 bits per heavy atom. The highest BCUT2D eigenvalue weighted by atomic mass is 35.5. The van der Waals surface area contributed by atoms with Gasteiger partial charge < -0.3 is 19.5 Å².